The van der Waals surface area contributed by atoms with Gasteiger partial charge in [-0.1, -0.05) is 12.1 Å². The van der Waals surface area contributed by atoms with Gasteiger partial charge in [-0.15, -0.1) is 0 Å². The molecule has 20 heavy (non-hydrogen) atoms. The van der Waals surface area contributed by atoms with Crippen LogP contribution in [0.2, 0.25) is 0 Å². The molecule has 3 N–H and O–H groups in total. The van der Waals surface area contributed by atoms with Crippen molar-refractivity contribution in [3.05, 3.63) is 24.3 Å². The zero-order valence-corrected chi connectivity index (χ0v) is 10.3. The van der Waals surface area contributed by atoms with E-state index in [-0.39, 0.29) is 6.54 Å². The first-order valence-corrected chi connectivity index (χ1v) is 5.90. The lowest BCUT2D eigenvalue weighted by Crippen LogP contribution is -2.48. The number of carbonyl (C=O) groups excluding carboxylic acids is 1. The van der Waals surface area contributed by atoms with Crippen molar-refractivity contribution >= 4 is 11.6 Å². The highest BCUT2D eigenvalue weighted by atomic mass is 19.4. The summed E-state index contributed by atoms with van der Waals surface area (Å²) in [5.41, 5.74) is 0.715. The predicted octanol–water partition coefficient (Wildman–Crippen LogP) is 0.899. The average molecular weight is 290 g/mol. The molecular weight excluding hydrogens is 277 g/mol. The van der Waals surface area contributed by atoms with Crippen LogP contribution in [-0.4, -0.2) is 42.5 Å². The van der Waals surface area contributed by atoms with E-state index in [0.717, 1.165) is 0 Å². The number of ether oxygens (including phenoxy) is 1. The van der Waals surface area contributed by atoms with Gasteiger partial charge in [0.15, 0.2) is 12.2 Å². The third kappa shape index (κ3) is 3.32. The van der Waals surface area contributed by atoms with E-state index in [1.165, 1.54) is 0 Å². The number of carbonyl (C=O) groups is 1. The molecule has 0 aliphatic carbocycles. The molecule has 1 aliphatic rings. The van der Waals surface area contributed by atoms with Crippen molar-refractivity contribution in [2.45, 2.75) is 18.4 Å². The number of nitrogens with one attached hydrogen (secondary N) is 2. The van der Waals surface area contributed by atoms with Crippen LogP contribution < -0.4 is 15.4 Å². The van der Waals surface area contributed by atoms with E-state index in [0.29, 0.717) is 11.4 Å². The van der Waals surface area contributed by atoms with Crippen LogP contribution in [0, 0.1) is 0 Å². The Hall–Kier alpha value is -1.96. The summed E-state index contributed by atoms with van der Waals surface area (Å²) in [6, 6.07) is 6.91. The lowest BCUT2D eigenvalue weighted by atomic mass is 10.2. The molecule has 2 rings (SSSR count). The maximum Gasteiger partial charge on any atom is 0.416 e. The molecule has 110 valence electrons. The highest BCUT2D eigenvalue weighted by Gasteiger charge is 2.38. The Morgan fingerprint density at radius 1 is 1.50 bits per heavy atom. The molecule has 0 spiro atoms. The molecule has 0 radical (unpaired) electrons. The number of alkyl halides is 3. The molecule has 2 unspecified atom stereocenters. The van der Waals surface area contributed by atoms with E-state index in [2.05, 4.69) is 5.32 Å². The van der Waals surface area contributed by atoms with Gasteiger partial charge in [0.05, 0.1) is 18.8 Å². The third-order valence-corrected chi connectivity index (χ3v) is 2.77. The minimum atomic E-state index is -4.76. The Morgan fingerprint density at radius 3 is 2.90 bits per heavy atom. The number of hydrogen-bond acceptors (Lipinski definition) is 4. The molecule has 1 aromatic carbocycles. The number of rotatable bonds is 3. The molecule has 0 fully saturated rings. The van der Waals surface area contributed by atoms with Gasteiger partial charge in [0.25, 0.3) is 5.91 Å². The van der Waals surface area contributed by atoms with Crippen molar-refractivity contribution in [2.24, 2.45) is 0 Å². The fraction of sp³-hybridized carbons (Fsp3) is 0.417. The molecule has 5 nitrogen and oxygen atoms in total. The highest BCUT2D eigenvalue weighted by Crippen LogP contribution is 2.28. The minimum absolute atomic E-state index is 0.144. The molecule has 0 saturated carbocycles. The number of halogens is 3. The fourth-order valence-electron chi connectivity index (χ4n) is 1.69. The summed E-state index contributed by atoms with van der Waals surface area (Å²) in [7, 11) is 0. The van der Waals surface area contributed by atoms with Crippen molar-refractivity contribution < 1.29 is 27.8 Å². The lowest BCUT2D eigenvalue weighted by molar-refractivity contribution is -0.202. The van der Waals surface area contributed by atoms with Gasteiger partial charge < -0.3 is 20.5 Å². The van der Waals surface area contributed by atoms with E-state index in [9.17, 15) is 18.0 Å². The summed E-state index contributed by atoms with van der Waals surface area (Å²) < 4.78 is 41.7. The molecule has 0 bridgehead atoms. The third-order valence-electron chi connectivity index (χ3n) is 2.77. The molecule has 1 heterocycles. The Labute approximate surface area is 112 Å². The van der Waals surface area contributed by atoms with E-state index in [1.54, 1.807) is 24.3 Å². The van der Waals surface area contributed by atoms with Crippen LogP contribution in [0.5, 0.6) is 5.75 Å². The van der Waals surface area contributed by atoms with Gasteiger partial charge in [-0.05, 0) is 12.1 Å². The maximum atomic E-state index is 12.1. The van der Waals surface area contributed by atoms with Crippen molar-refractivity contribution in [3.63, 3.8) is 0 Å². The van der Waals surface area contributed by atoms with Crippen molar-refractivity contribution in [2.75, 3.05) is 18.4 Å². The first-order valence-electron chi connectivity index (χ1n) is 5.90. The van der Waals surface area contributed by atoms with Crippen LogP contribution in [-0.2, 0) is 4.79 Å². The average Bonchev–Trinajstić information content (AvgIpc) is 2.42. The molecule has 0 aromatic heterocycles. The number of aliphatic hydroxyl groups is 1. The van der Waals surface area contributed by atoms with Crippen LogP contribution in [0.4, 0.5) is 18.9 Å². The standard InChI is InChI=1S/C12H13F3N2O3/c13-12(14,15)10(18)6-17-11(19)9-5-16-7-3-1-2-4-8(7)20-9/h1-4,9-10,16,18H,5-6H2,(H,17,19). The van der Waals surface area contributed by atoms with Gasteiger partial charge in [0.1, 0.15) is 5.75 Å². The van der Waals surface area contributed by atoms with Crippen molar-refractivity contribution in [1.82, 2.24) is 5.32 Å². The smallest absolute Gasteiger partial charge is 0.416 e. The molecule has 2 atom stereocenters. The van der Waals surface area contributed by atoms with Crippen LogP contribution >= 0.6 is 0 Å². The first-order chi connectivity index (χ1) is 9.38. The molecule has 1 aliphatic heterocycles. The number of amides is 1. The summed E-state index contributed by atoms with van der Waals surface area (Å²) in [6.45, 7) is -0.755. The minimum Gasteiger partial charge on any atom is -0.477 e. The second-order valence-electron chi connectivity index (χ2n) is 4.29. The van der Waals surface area contributed by atoms with Crippen LogP contribution in [0.3, 0.4) is 0 Å². The van der Waals surface area contributed by atoms with Crippen molar-refractivity contribution in [3.8, 4) is 5.75 Å². The molecule has 8 heteroatoms. The Kier molecular flexibility index (Phi) is 4.03. The van der Waals surface area contributed by atoms with E-state index in [4.69, 9.17) is 9.84 Å². The van der Waals surface area contributed by atoms with E-state index < -0.39 is 30.8 Å². The van der Waals surface area contributed by atoms with Gasteiger partial charge in [-0.2, -0.15) is 13.2 Å². The Bertz CT molecular complexity index is 493. The quantitative estimate of drug-likeness (QED) is 0.773. The molecule has 1 aromatic rings. The summed E-state index contributed by atoms with van der Waals surface area (Å²) >= 11 is 0. The number of hydrogen-bond donors (Lipinski definition) is 3. The van der Waals surface area contributed by atoms with E-state index in [1.807, 2.05) is 5.32 Å². The number of benzene rings is 1. The van der Waals surface area contributed by atoms with Crippen molar-refractivity contribution in [1.29, 1.82) is 0 Å². The summed E-state index contributed by atoms with van der Waals surface area (Å²) in [6.07, 6.45) is -8.29. The normalized spacial score (nSPS) is 19.3. The summed E-state index contributed by atoms with van der Waals surface area (Å²) in [5, 5.41) is 13.8. The van der Waals surface area contributed by atoms with Gasteiger partial charge in [0, 0.05) is 0 Å². The topological polar surface area (TPSA) is 70.6 Å². The summed E-state index contributed by atoms with van der Waals surface area (Å²) in [5.74, 6) is -0.259. The fourth-order valence-corrected chi connectivity index (χ4v) is 1.69. The maximum absolute atomic E-state index is 12.1. The zero-order valence-electron chi connectivity index (χ0n) is 10.3. The zero-order chi connectivity index (χ0) is 14.8. The number of fused-ring (bicyclic) bond motifs is 1. The highest BCUT2D eigenvalue weighted by molar-refractivity contribution is 5.83. The summed E-state index contributed by atoms with van der Waals surface area (Å²) in [4.78, 5) is 11.7. The second kappa shape index (κ2) is 5.58. The Balaban J connectivity index is 1.89. The van der Waals surface area contributed by atoms with Crippen LogP contribution in [0.25, 0.3) is 0 Å². The monoisotopic (exact) mass is 290 g/mol. The largest absolute Gasteiger partial charge is 0.477 e. The molecule has 1 amide bonds. The number of anilines is 1. The van der Waals surface area contributed by atoms with Gasteiger partial charge in [0.2, 0.25) is 0 Å². The first kappa shape index (κ1) is 14.4. The molecule has 0 saturated heterocycles. The number of aliphatic hydroxyl groups excluding tert-OH is 1. The van der Waals surface area contributed by atoms with Gasteiger partial charge in [-0.25, -0.2) is 0 Å². The van der Waals surface area contributed by atoms with Gasteiger partial charge in [-0.3, -0.25) is 4.79 Å². The lowest BCUT2D eigenvalue weighted by Gasteiger charge is -2.26. The van der Waals surface area contributed by atoms with Crippen LogP contribution in [0.15, 0.2) is 24.3 Å². The predicted molar refractivity (Wildman–Crippen MR) is 64.4 cm³/mol. The van der Waals surface area contributed by atoms with Crippen LogP contribution in [0.1, 0.15) is 0 Å². The van der Waals surface area contributed by atoms with E-state index >= 15 is 0 Å². The Morgan fingerprint density at radius 2 is 2.20 bits per heavy atom. The SMILES string of the molecule is O=C(NCC(O)C(F)(F)F)C1CNc2ccccc2O1. The molecular formula is C12H13F3N2O3. The van der Waals surface area contributed by atoms with Gasteiger partial charge >= 0.3 is 6.18 Å². The second-order valence-corrected chi connectivity index (χ2v) is 4.29. The number of para-hydroxylation sites is 2.